The van der Waals surface area contributed by atoms with E-state index in [4.69, 9.17) is 0 Å². The Morgan fingerprint density at radius 1 is 1.25 bits per heavy atom. The summed E-state index contributed by atoms with van der Waals surface area (Å²) in [5.74, 6) is 0. The summed E-state index contributed by atoms with van der Waals surface area (Å²) in [6, 6.07) is 6.45. The van der Waals surface area contributed by atoms with Gasteiger partial charge in [-0.05, 0) is 50.0 Å². The van der Waals surface area contributed by atoms with Gasteiger partial charge in [-0.1, -0.05) is 24.3 Å². The van der Waals surface area contributed by atoms with Crippen LogP contribution in [0.2, 0.25) is 0 Å². The Kier molecular flexibility index (Phi) is 2.69. The van der Waals surface area contributed by atoms with Crippen LogP contribution in [0.25, 0.3) is 5.57 Å². The molecule has 0 spiro atoms. The summed E-state index contributed by atoms with van der Waals surface area (Å²) in [4.78, 5) is 0. The summed E-state index contributed by atoms with van der Waals surface area (Å²) in [5, 5.41) is 0. The Balaban J connectivity index is 3.26. The van der Waals surface area contributed by atoms with E-state index in [-0.39, 0.29) is 0 Å². The highest BCUT2D eigenvalue weighted by Gasteiger charge is 2.00. The van der Waals surface area contributed by atoms with Gasteiger partial charge in [-0.2, -0.15) is 0 Å². The predicted molar refractivity (Wildman–Crippen MR) is 55.2 cm³/mol. The first-order valence-corrected chi connectivity index (χ1v) is 4.36. The smallest absolute Gasteiger partial charge is 0.0199 e. The third kappa shape index (κ3) is 1.58. The van der Waals surface area contributed by atoms with Crippen LogP contribution in [-0.4, -0.2) is 0 Å². The fraction of sp³-hybridized carbons (Fsp3) is 0.333. The van der Waals surface area contributed by atoms with Gasteiger partial charge in [-0.3, -0.25) is 0 Å². The molecule has 0 aromatic heterocycles. The molecule has 0 heterocycles. The summed E-state index contributed by atoms with van der Waals surface area (Å²) in [6.45, 7) is 8.57. The summed E-state index contributed by atoms with van der Waals surface area (Å²) in [6.07, 6.45) is 2.15. The lowest BCUT2D eigenvalue weighted by Crippen LogP contribution is -1.88. The highest BCUT2D eigenvalue weighted by molar-refractivity contribution is 5.67. The van der Waals surface area contributed by atoms with Gasteiger partial charge in [0.1, 0.15) is 0 Å². The number of aryl methyl sites for hydroxylation is 1. The van der Waals surface area contributed by atoms with Crippen LogP contribution < -0.4 is 0 Å². The number of benzene rings is 1. The van der Waals surface area contributed by atoms with Crippen molar-refractivity contribution in [1.82, 2.24) is 0 Å². The summed E-state index contributed by atoms with van der Waals surface area (Å²) < 4.78 is 0. The van der Waals surface area contributed by atoms with Gasteiger partial charge in [0.15, 0.2) is 0 Å². The fourth-order valence-corrected chi connectivity index (χ4v) is 1.33. The van der Waals surface area contributed by atoms with Crippen LogP contribution in [0.4, 0.5) is 0 Å². The standard InChI is InChI=1S/C12H16/c1-5-9(2)12-8-6-7-10(3)11(12)4/h5-8H,1-4H3/b9-5+. The number of hydrogen-bond donors (Lipinski definition) is 0. The van der Waals surface area contributed by atoms with Gasteiger partial charge in [0.2, 0.25) is 0 Å². The third-order valence-electron chi connectivity index (χ3n) is 2.46. The SMILES string of the molecule is C/C=C(\C)c1cccc(C)c1C. The molecule has 0 saturated carbocycles. The molecule has 0 bridgehead atoms. The van der Waals surface area contributed by atoms with Gasteiger partial charge in [-0.15, -0.1) is 0 Å². The quantitative estimate of drug-likeness (QED) is 0.587. The largest absolute Gasteiger partial charge is 0.0841 e. The van der Waals surface area contributed by atoms with Crippen LogP contribution in [0.3, 0.4) is 0 Å². The fourth-order valence-electron chi connectivity index (χ4n) is 1.33. The molecule has 0 N–H and O–H groups in total. The van der Waals surface area contributed by atoms with E-state index >= 15 is 0 Å². The van der Waals surface area contributed by atoms with Gasteiger partial charge in [0, 0.05) is 0 Å². The summed E-state index contributed by atoms with van der Waals surface area (Å²) >= 11 is 0. The van der Waals surface area contributed by atoms with Crippen molar-refractivity contribution < 1.29 is 0 Å². The molecule has 1 aromatic carbocycles. The zero-order valence-electron chi connectivity index (χ0n) is 8.31. The van der Waals surface area contributed by atoms with Crippen LogP contribution in [0.1, 0.15) is 30.5 Å². The first kappa shape index (κ1) is 9.05. The molecule has 0 aliphatic rings. The van der Waals surface area contributed by atoms with Gasteiger partial charge in [0.25, 0.3) is 0 Å². The maximum atomic E-state index is 2.18. The molecule has 0 unspecified atom stereocenters. The van der Waals surface area contributed by atoms with Crippen LogP contribution >= 0.6 is 0 Å². The van der Waals surface area contributed by atoms with E-state index in [0.29, 0.717) is 0 Å². The van der Waals surface area contributed by atoms with E-state index in [1.165, 1.54) is 22.3 Å². The molecule has 0 atom stereocenters. The molecule has 0 amide bonds. The van der Waals surface area contributed by atoms with Crippen LogP contribution in [-0.2, 0) is 0 Å². The van der Waals surface area contributed by atoms with Gasteiger partial charge in [0.05, 0.1) is 0 Å². The Labute approximate surface area is 74.9 Å². The number of rotatable bonds is 1. The van der Waals surface area contributed by atoms with Crippen molar-refractivity contribution in [3.63, 3.8) is 0 Å². The molecule has 0 heteroatoms. The van der Waals surface area contributed by atoms with Crippen molar-refractivity contribution >= 4 is 5.57 Å². The van der Waals surface area contributed by atoms with Crippen LogP contribution in [0.15, 0.2) is 24.3 Å². The first-order chi connectivity index (χ1) is 5.66. The van der Waals surface area contributed by atoms with E-state index in [0.717, 1.165) is 0 Å². The average molecular weight is 160 g/mol. The third-order valence-corrected chi connectivity index (χ3v) is 2.46. The van der Waals surface area contributed by atoms with Crippen molar-refractivity contribution in [3.05, 3.63) is 41.0 Å². The van der Waals surface area contributed by atoms with Crippen molar-refractivity contribution in [1.29, 1.82) is 0 Å². The molecule has 0 aliphatic heterocycles. The minimum Gasteiger partial charge on any atom is -0.0841 e. The van der Waals surface area contributed by atoms with Gasteiger partial charge in [-0.25, -0.2) is 0 Å². The second kappa shape index (κ2) is 3.57. The topological polar surface area (TPSA) is 0 Å². The molecule has 1 rings (SSSR count). The number of hydrogen-bond acceptors (Lipinski definition) is 0. The predicted octanol–water partition coefficient (Wildman–Crippen LogP) is 3.73. The molecular formula is C12H16. The second-order valence-electron chi connectivity index (χ2n) is 3.22. The van der Waals surface area contributed by atoms with Crippen molar-refractivity contribution in [2.24, 2.45) is 0 Å². The molecule has 1 aromatic rings. The molecule has 64 valence electrons. The highest BCUT2D eigenvalue weighted by Crippen LogP contribution is 2.20. The normalized spacial score (nSPS) is 11.8. The molecule has 0 aliphatic carbocycles. The van der Waals surface area contributed by atoms with E-state index in [2.05, 4.69) is 52.0 Å². The first-order valence-electron chi connectivity index (χ1n) is 4.36. The lowest BCUT2D eigenvalue weighted by atomic mass is 9.98. The molecule has 0 fully saturated rings. The van der Waals surface area contributed by atoms with E-state index in [9.17, 15) is 0 Å². The Hall–Kier alpha value is -1.04. The van der Waals surface area contributed by atoms with E-state index in [1.807, 2.05) is 0 Å². The molecule has 0 radical (unpaired) electrons. The maximum absolute atomic E-state index is 2.18. The Morgan fingerprint density at radius 3 is 2.50 bits per heavy atom. The van der Waals surface area contributed by atoms with Crippen LogP contribution in [0.5, 0.6) is 0 Å². The lowest BCUT2D eigenvalue weighted by molar-refractivity contribution is 1.31. The zero-order valence-corrected chi connectivity index (χ0v) is 8.31. The molecule has 0 saturated heterocycles. The van der Waals surface area contributed by atoms with E-state index < -0.39 is 0 Å². The highest BCUT2D eigenvalue weighted by atomic mass is 14.1. The number of allylic oxidation sites excluding steroid dienone is 2. The van der Waals surface area contributed by atoms with Crippen molar-refractivity contribution in [2.75, 3.05) is 0 Å². The minimum atomic E-state index is 1.36. The second-order valence-corrected chi connectivity index (χ2v) is 3.22. The molecular weight excluding hydrogens is 144 g/mol. The van der Waals surface area contributed by atoms with Crippen molar-refractivity contribution in [3.8, 4) is 0 Å². The van der Waals surface area contributed by atoms with Crippen molar-refractivity contribution in [2.45, 2.75) is 27.7 Å². The maximum Gasteiger partial charge on any atom is -0.0199 e. The van der Waals surface area contributed by atoms with Crippen LogP contribution in [0, 0.1) is 13.8 Å². The summed E-state index contributed by atoms with van der Waals surface area (Å²) in [7, 11) is 0. The Morgan fingerprint density at radius 2 is 1.92 bits per heavy atom. The van der Waals surface area contributed by atoms with Gasteiger partial charge >= 0.3 is 0 Å². The average Bonchev–Trinajstić information content (AvgIpc) is 2.08. The monoisotopic (exact) mass is 160 g/mol. The minimum absolute atomic E-state index is 1.36. The van der Waals surface area contributed by atoms with E-state index in [1.54, 1.807) is 0 Å². The van der Waals surface area contributed by atoms with Gasteiger partial charge < -0.3 is 0 Å². The Bertz CT molecular complexity index is 306. The molecule has 0 nitrogen and oxygen atoms in total. The summed E-state index contributed by atoms with van der Waals surface area (Å²) in [5.41, 5.74) is 5.50. The molecule has 12 heavy (non-hydrogen) atoms. The lowest BCUT2D eigenvalue weighted by Gasteiger charge is -2.07. The zero-order chi connectivity index (χ0) is 9.14.